The lowest BCUT2D eigenvalue weighted by atomic mass is 9.98. The van der Waals surface area contributed by atoms with Crippen molar-refractivity contribution in [1.29, 1.82) is 0 Å². The molecule has 0 aliphatic carbocycles. The van der Waals surface area contributed by atoms with E-state index in [1.165, 1.54) is 7.11 Å². The predicted octanol–water partition coefficient (Wildman–Crippen LogP) is 1.83. The lowest BCUT2D eigenvalue weighted by Crippen LogP contribution is -2.37. The molecule has 2 unspecified atom stereocenters. The molecule has 0 aromatic heterocycles. The predicted molar refractivity (Wildman–Crippen MR) is 72.7 cm³/mol. The highest BCUT2D eigenvalue weighted by Gasteiger charge is 2.25. The molecule has 1 rings (SSSR count). The molecule has 0 saturated heterocycles. The van der Waals surface area contributed by atoms with Crippen molar-refractivity contribution >= 4 is 17.6 Å². The molecule has 3 N–H and O–H groups in total. The second-order valence-electron chi connectivity index (χ2n) is 4.09. The van der Waals surface area contributed by atoms with Crippen LogP contribution in [0.4, 0.5) is 0 Å². The first-order valence-electron chi connectivity index (χ1n) is 5.96. The van der Waals surface area contributed by atoms with Crippen LogP contribution in [0.25, 0.3) is 0 Å². The molecule has 0 aliphatic rings. The highest BCUT2D eigenvalue weighted by molar-refractivity contribution is 6.30. The molecule has 0 fully saturated rings. The van der Waals surface area contributed by atoms with E-state index >= 15 is 0 Å². The van der Waals surface area contributed by atoms with E-state index in [4.69, 9.17) is 21.4 Å². The van der Waals surface area contributed by atoms with Crippen LogP contribution in [0.5, 0.6) is 5.75 Å². The van der Waals surface area contributed by atoms with Crippen LogP contribution in [-0.4, -0.2) is 35.9 Å². The van der Waals surface area contributed by atoms with E-state index < -0.39 is 18.1 Å². The number of ether oxygens (including phenoxy) is 1. The average molecular weight is 288 g/mol. The molecule has 0 heterocycles. The quantitative estimate of drug-likeness (QED) is 0.713. The van der Waals surface area contributed by atoms with Gasteiger partial charge in [0.1, 0.15) is 5.75 Å². The van der Waals surface area contributed by atoms with Crippen LogP contribution < -0.4 is 10.1 Å². The number of aliphatic carboxylic acids is 1. The molecule has 5 nitrogen and oxygen atoms in total. The summed E-state index contributed by atoms with van der Waals surface area (Å²) < 4.78 is 5.16. The maximum Gasteiger partial charge on any atom is 0.305 e. The lowest BCUT2D eigenvalue weighted by Gasteiger charge is -2.24. The number of halogens is 1. The molecule has 1 aromatic rings. The van der Waals surface area contributed by atoms with Crippen LogP contribution in [0.3, 0.4) is 0 Å². The van der Waals surface area contributed by atoms with Crippen molar-refractivity contribution in [3.8, 4) is 5.75 Å². The average Bonchev–Trinajstić information content (AvgIpc) is 2.37. The van der Waals surface area contributed by atoms with Gasteiger partial charge in [0, 0.05) is 16.6 Å². The summed E-state index contributed by atoms with van der Waals surface area (Å²) in [5, 5.41) is 22.6. The number of methoxy groups -OCH3 is 1. The highest BCUT2D eigenvalue weighted by atomic mass is 35.5. The number of carboxylic acid groups (broad SMARTS) is 1. The number of carboxylic acids is 1. The van der Waals surface area contributed by atoms with Gasteiger partial charge in [0.2, 0.25) is 0 Å². The number of benzene rings is 1. The molecule has 0 bridgehead atoms. The Morgan fingerprint density at radius 1 is 1.53 bits per heavy atom. The monoisotopic (exact) mass is 287 g/mol. The number of rotatable bonds is 7. The fraction of sp³-hybridized carbons (Fsp3) is 0.462. The number of hydrogen-bond acceptors (Lipinski definition) is 4. The van der Waals surface area contributed by atoms with Gasteiger partial charge in [-0.05, 0) is 24.7 Å². The van der Waals surface area contributed by atoms with Gasteiger partial charge in [-0.1, -0.05) is 18.5 Å². The van der Waals surface area contributed by atoms with Crippen LogP contribution in [0, 0.1) is 0 Å². The summed E-state index contributed by atoms with van der Waals surface area (Å²) in [5.41, 5.74) is 0.474. The summed E-state index contributed by atoms with van der Waals surface area (Å²) in [4.78, 5) is 10.8. The number of aliphatic hydroxyl groups excluding tert-OH is 1. The van der Waals surface area contributed by atoms with Gasteiger partial charge in [-0.25, -0.2) is 0 Å². The van der Waals surface area contributed by atoms with Gasteiger partial charge < -0.3 is 20.3 Å². The van der Waals surface area contributed by atoms with E-state index in [2.05, 4.69) is 5.32 Å². The van der Waals surface area contributed by atoms with Gasteiger partial charge in [-0.15, -0.1) is 0 Å². The molecule has 0 aliphatic heterocycles. The van der Waals surface area contributed by atoms with E-state index in [1.807, 2.05) is 6.92 Å². The summed E-state index contributed by atoms with van der Waals surface area (Å²) in [6.45, 7) is 2.40. The topological polar surface area (TPSA) is 78.8 Å². The van der Waals surface area contributed by atoms with Gasteiger partial charge in [-0.2, -0.15) is 0 Å². The van der Waals surface area contributed by atoms with Crippen LogP contribution in [0.1, 0.15) is 25.0 Å². The standard InChI is InChI=1S/C13H18ClNO4/c1-3-15-10(7-12(16)17)13(18)9-6-8(14)4-5-11(9)19-2/h4-6,10,13,15,18H,3,7H2,1-2H3,(H,16,17). The molecular formula is C13H18ClNO4. The van der Waals surface area contributed by atoms with Gasteiger partial charge in [0.25, 0.3) is 0 Å². The second kappa shape index (κ2) is 7.33. The molecule has 1 aromatic carbocycles. The van der Waals surface area contributed by atoms with Gasteiger partial charge >= 0.3 is 5.97 Å². The summed E-state index contributed by atoms with van der Waals surface area (Å²) >= 11 is 5.90. The van der Waals surface area contributed by atoms with Crippen LogP contribution >= 0.6 is 11.6 Å². The summed E-state index contributed by atoms with van der Waals surface area (Å²) in [6.07, 6.45) is -1.20. The Labute approximate surface area is 117 Å². The zero-order chi connectivity index (χ0) is 14.4. The van der Waals surface area contributed by atoms with E-state index in [-0.39, 0.29) is 6.42 Å². The van der Waals surface area contributed by atoms with E-state index in [0.717, 1.165) is 0 Å². The minimum Gasteiger partial charge on any atom is -0.496 e. The Bertz CT molecular complexity index is 439. The third-order valence-electron chi connectivity index (χ3n) is 2.75. The first-order chi connectivity index (χ1) is 8.99. The zero-order valence-corrected chi connectivity index (χ0v) is 11.6. The molecule has 0 saturated carbocycles. The Morgan fingerprint density at radius 3 is 2.74 bits per heavy atom. The first-order valence-corrected chi connectivity index (χ1v) is 6.34. The van der Waals surface area contributed by atoms with Crippen molar-refractivity contribution in [2.75, 3.05) is 13.7 Å². The number of likely N-dealkylation sites (N-methyl/N-ethyl adjacent to an activating group) is 1. The van der Waals surface area contributed by atoms with E-state index in [9.17, 15) is 9.90 Å². The minimum absolute atomic E-state index is 0.190. The largest absolute Gasteiger partial charge is 0.496 e. The van der Waals surface area contributed by atoms with Gasteiger partial charge in [0.05, 0.1) is 19.6 Å². The van der Waals surface area contributed by atoms with Crippen LogP contribution in [0.15, 0.2) is 18.2 Å². The maximum absolute atomic E-state index is 10.8. The molecule has 0 radical (unpaired) electrons. The summed E-state index contributed by atoms with van der Waals surface area (Å²) in [6, 6.07) is 4.27. The number of hydrogen-bond donors (Lipinski definition) is 3. The zero-order valence-electron chi connectivity index (χ0n) is 10.9. The fourth-order valence-corrected chi connectivity index (χ4v) is 2.08. The van der Waals surface area contributed by atoms with Crippen LogP contribution in [0.2, 0.25) is 5.02 Å². The first kappa shape index (κ1) is 15.8. The molecule has 0 spiro atoms. The number of nitrogens with one attached hydrogen (secondary N) is 1. The molecular weight excluding hydrogens is 270 g/mol. The van der Waals surface area contributed by atoms with E-state index in [0.29, 0.717) is 22.9 Å². The highest BCUT2D eigenvalue weighted by Crippen LogP contribution is 2.30. The van der Waals surface area contributed by atoms with Crippen LogP contribution in [-0.2, 0) is 4.79 Å². The van der Waals surface area contributed by atoms with Crippen molar-refractivity contribution in [3.05, 3.63) is 28.8 Å². The van der Waals surface area contributed by atoms with Crippen molar-refractivity contribution in [2.45, 2.75) is 25.5 Å². The van der Waals surface area contributed by atoms with Crippen molar-refractivity contribution in [3.63, 3.8) is 0 Å². The van der Waals surface area contributed by atoms with Crippen molar-refractivity contribution in [2.24, 2.45) is 0 Å². The Morgan fingerprint density at radius 2 is 2.21 bits per heavy atom. The summed E-state index contributed by atoms with van der Waals surface area (Å²) in [7, 11) is 1.49. The molecule has 2 atom stereocenters. The normalized spacial score (nSPS) is 13.9. The molecule has 0 amide bonds. The van der Waals surface area contributed by atoms with E-state index in [1.54, 1.807) is 18.2 Å². The second-order valence-corrected chi connectivity index (χ2v) is 4.53. The van der Waals surface area contributed by atoms with Gasteiger partial charge in [0.15, 0.2) is 0 Å². The molecule has 106 valence electrons. The number of carbonyl (C=O) groups is 1. The van der Waals surface area contributed by atoms with Gasteiger partial charge in [-0.3, -0.25) is 4.79 Å². The maximum atomic E-state index is 10.8. The van der Waals surface area contributed by atoms with Crippen molar-refractivity contribution < 1.29 is 19.7 Å². The van der Waals surface area contributed by atoms with Crippen molar-refractivity contribution in [1.82, 2.24) is 5.32 Å². The SMILES string of the molecule is CCNC(CC(=O)O)C(O)c1cc(Cl)ccc1OC. The lowest BCUT2D eigenvalue weighted by molar-refractivity contribution is -0.138. The minimum atomic E-state index is -1.01. The fourth-order valence-electron chi connectivity index (χ4n) is 1.90. The molecule has 6 heteroatoms. The summed E-state index contributed by atoms with van der Waals surface area (Å²) in [5.74, 6) is -0.504. The Hall–Kier alpha value is -1.30. The third-order valence-corrected chi connectivity index (χ3v) is 2.99. The smallest absolute Gasteiger partial charge is 0.305 e. The Kier molecular flexibility index (Phi) is 6.08. The third kappa shape index (κ3) is 4.38. The Balaban J connectivity index is 3.03. The molecule has 19 heavy (non-hydrogen) atoms. The number of aliphatic hydroxyl groups is 1.